The molecule has 1 aliphatic carbocycles. The van der Waals surface area contributed by atoms with Gasteiger partial charge in [-0.3, -0.25) is 4.79 Å². The number of hydrogen-bond donors (Lipinski definition) is 0. The molecule has 5 heteroatoms. The molecule has 152 valence electrons. The Bertz CT molecular complexity index is 751. The van der Waals surface area contributed by atoms with E-state index in [1.165, 1.54) is 6.42 Å². The highest BCUT2D eigenvalue weighted by Gasteiger charge is 2.69. The zero-order valence-corrected chi connectivity index (χ0v) is 16.9. The van der Waals surface area contributed by atoms with Gasteiger partial charge in [-0.1, -0.05) is 44.2 Å². The molecular weight excluding hydrogens is 356 g/mol. The predicted octanol–water partition coefficient (Wildman–Crippen LogP) is 4.51. The number of rotatable bonds is 3. The molecule has 5 nitrogen and oxygen atoms in total. The summed E-state index contributed by atoms with van der Waals surface area (Å²) in [4.78, 5) is 24.9. The van der Waals surface area contributed by atoms with Gasteiger partial charge < -0.3 is 9.47 Å². The van der Waals surface area contributed by atoms with E-state index in [0.717, 1.165) is 24.8 Å². The van der Waals surface area contributed by atoms with E-state index in [-0.39, 0.29) is 23.7 Å². The van der Waals surface area contributed by atoms with Crippen molar-refractivity contribution in [2.45, 2.75) is 76.7 Å². The molecule has 4 heterocycles. The lowest BCUT2D eigenvalue weighted by atomic mass is 9.57. The molecule has 6 rings (SSSR count). The first kappa shape index (κ1) is 18.7. The number of fused-ring (bicyclic) bond motifs is 2. The fraction of sp³-hybridized carbons (Fsp3) is 0.696. The fourth-order valence-electron chi connectivity index (χ4n) is 6.14. The topological polar surface area (TPSA) is 54.0 Å². The number of benzene rings is 1. The maximum atomic E-state index is 12.9. The van der Waals surface area contributed by atoms with E-state index in [1.807, 2.05) is 37.3 Å². The monoisotopic (exact) mass is 386 g/mol. The van der Waals surface area contributed by atoms with Crippen LogP contribution in [0.5, 0.6) is 0 Å². The van der Waals surface area contributed by atoms with Crippen molar-refractivity contribution in [3.63, 3.8) is 0 Å². The molecular formula is C23H30O5. The summed E-state index contributed by atoms with van der Waals surface area (Å²) in [6, 6.07) is 9.48. The number of hydrogen-bond acceptors (Lipinski definition) is 5. The molecule has 0 radical (unpaired) electrons. The third-order valence-corrected chi connectivity index (χ3v) is 7.78. The summed E-state index contributed by atoms with van der Waals surface area (Å²) in [6.07, 6.45) is 3.78. The van der Waals surface area contributed by atoms with Crippen LogP contribution in [-0.4, -0.2) is 29.6 Å². The Morgan fingerprint density at radius 3 is 2.64 bits per heavy atom. The van der Waals surface area contributed by atoms with Gasteiger partial charge in [0.25, 0.3) is 0 Å². The Kier molecular flexibility index (Phi) is 4.43. The van der Waals surface area contributed by atoms with Gasteiger partial charge in [0.1, 0.15) is 0 Å². The number of Topliss-reactive ketones (excluding diaryl/α,β-unsaturated/α-hetero) is 1. The highest BCUT2D eigenvalue weighted by atomic mass is 17.3. The van der Waals surface area contributed by atoms with E-state index in [0.29, 0.717) is 18.3 Å². The van der Waals surface area contributed by atoms with E-state index < -0.39 is 17.7 Å². The van der Waals surface area contributed by atoms with Crippen LogP contribution < -0.4 is 0 Å². The van der Waals surface area contributed by atoms with Gasteiger partial charge in [0.15, 0.2) is 17.7 Å². The van der Waals surface area contributed by atoms with Crippen molar-refractivity contribution in [1.29, 1.82) is 0 Å². The smallest absolute Gasteiger partial charge is 0.201 e. The van der Waals surface area contributed by atoms with E-state index in [4.69, 9.17) is 19.2 Å². The van der Waals surface area contributed by atoms with Gasteiger partial charge >= 0.3 is 0 Å². The maximum absolute atomic E-state index is 12.9. The number of carbonyl (C=O) groups excluding carboxylic acids is 1. The second-order valence-corrected chi connectivity index (χ2v) is 9.44. The summed E-state index contributed by atoms with van der Waals surface area (Å²) in [7, 11) is 0. The Balaban J connectivity index is 1.46. The van der Waals surface area contributed by atoms with Gasteiger partial charge in [0.05, 0.1) is 6.10 Å². The summed E-state index contributed by atoms with van der Waals surface area (Å²) in [5, 5.41) is 0. The van der Waals surface area contributed by atoms with Crippen molar-refractivity contribution in [1.82, 2.24) is 0 Å². The highest BCUT2D eigenvalue weighted by Crippen LogP contribution is 2.60. The van der Waals surface area contributed by atoms with Crippen LogP contribution in [0.25, 0.3) is 0 Å². The van der Waals surface area contributed by atoms with Crippen molar-refractivity contribution in [2.75, 3.05) is 0 Å². The fourth-order valence-corrected chi connectivity index (χ4v) is 6.14. The number of ketones is 1. The second kappa shape index (κ2) is 6.63. The maximum Gasteiger partial charge on any atom is 0.201 e. The van der Waals surface area contributed by atoms with Crippen LogP contribution in [-0.2, 0) is 19.2 Å². The van der Waals surface area contributed by atoms with E-state index in [9.17, 15) is 4.79 Å². The zero-order chi connectivity index (χ0) is 19.5. The van der Waals surface area contributed by atoms with Crippen LogP contribution in [0.2, 0.25) is 0 Å². The molecule has 0 amide bonds. The van der Waals surface area contributed by atoms with Crippen molar-refractivity contribution >= 4 is 5.78 Å². The van der Waals surface area contributed by atoms with Gasteiger partial charge in [-0.05, 0) is 43.9 Å². The standard InChI is InChI=1S/C23H30O5/c1-14-9-10-18-15(2)20(13-19(24)16-7-5-4-6-8-16)25-21-23(18)17(14)11-12-22(3,26-21)27-28-23/h4-8,14-15,17-18,20-21H,9-13H2,1-3H3/t14-,15-,17+,18+,20-,21-,22-,23-/m1/s1. The molecule has 1 aromatic carbocycles. The third-order valence-electron chi connectivity index (χ3n) is 7.78. The average Bonchev–Trinajstić information content (AvgIpc) is 2.92. The first-order valence-corrected chi connectivity index (χ1v) is 10.7. The molecule has 2 bridgehead atoms. The van der Waals surface area contributed by atoms with Crippen LogP contribution in [0.15, 0.2) is 30.3 Å². The molecule has 0 unspecified atom stereocenters. The van der Waals surface area contributed by atoms with E-state index in [2.05, 4.69) is 13.8 Å². The highest BCUT2D eigenvalue weighted by molar-refractivity contribution is 5.96. The predicted molar refractivity (Wildman–Crippen MR) is 102 cm³/mol. The molecule has 5 aliphatic rings. The van der Waals surface area contributed by atoms with Crippen LogP contribution in [0.3, 0.4) is 0 Å². The Hall–Kier alpha value is -1.27. The van der Waals surface area contributed by atoms with Crippen molar-refractivity contribution in [3.05, 3.63) is 35.9 Å². The largest absolute Gasteiger partial charge is 0.345 e. The lowest BCUT2D eigenvalue weighted by Gasteiger charge is -2.60. The zero-order valence-electron chi connectivity index (χ0n) is 16.9. The Morgan fingerprint density at radius 1 is 1.07 bits per heavy atom. The summed E-state index contributed by atoms with van der Waals surface area (Å²) < 4.78 is 12.9. The van der Waals surface area contributed by atoms with E-state index in [1.54, 1.807) is 0 Å². The minimum absolute atomic E-state index is 0.122. The van der Waals surface area contributed by atoms with Crippen LogP contribution in [0.4, 0.5) is 0 Å². The van der Waals surface area contributed by atoms with Crippen LogP contribution in [0, 0.1) is 23.7 Å². The van der Waals surface area contributed by atoms with Crippen LogP contribution in [0.1, 0.15) is 63.2 Å². The van der Waals surface area contributed by atoms with Gasteiger partial charge in [-0.25, -0.2) is 9.78 Å². The van der Waals surface area contributed by atoms with Crippen molar-refractivity contribution < 1.29 is 24.0 Å². The second-order valence-electron chi connectivity index (χ2n) is 9.44. The Morgan fingerprint density at radius 2 is 1.86 bits per heavy atom. The minimum atomic E-state index is -0.772. The Labute approximate surface area is 166 Å². The molecule has 1 aromatic rings. The molecule has 4 aliphatic heterocycles. The number of ether oxygens (including phenoxy) is 2. The van der Waals surface area contributed by atoms with Crippen molar-refractivity contribution in [2.24, 2.45) is 23.7 Å². The van der Waals surface area contributed by atoms with Gasteiger partial charge in [0, 0.05) is 24.3 Å². The molecule has 1 saturated carbocycles. The molecule has 1 spiro atoms. The number of carbonyl (C=O) groups is 1. The van der Waals surface area contributed by atoms with Gasteiger partial charge in [0.2, 0.25) is 5.79 Å². The molecule has 5 fully saturated rings. The summed E-state index contributed by atoms with van der Waals surface area (Å²) in [5.74, 6) is 0.721. The molecule has 28 heavy (non-hydrogen) atoms. The lowest BCUT2D eigenvalue weighted by Crippen LogP contribution is -2.70. The quantitative estimate of drug-likeness (QED) is 0.565. The molecule has 0 aromatic heterocycles. The van der Waals surface area contributed by atoms with Gasteiger partial charge in [-0.15, -0.1) is 0 Å². The van der Waals surface area contributed by atoms with Gasteiger partial charge in [-0.2, -0.15) is 0 Å². The molecule has 0 N–H and O–H groups in total. The lowest BCUT2D eigenvalue weighted by molar-refractivity contribution is -0.570. The molecule has 4 saturated heterocycles. The normalized spacial score (nSPS) is 47.2. The first-order valence-electron chi connectivity index (χ1n) is 10.7. The average molecular weight is 386 g/mol. The summed E-state index contributed by atoms with van der Waals surface area (Å²) in [5.41, 5.74) is 0.183. The third kappa shape index (κ3) is 2.71. The minimum Gasteiger partial charge on any atom is -0.345 e. The first-order chi connectivity index (χ1) is 13.4. The summed E-state index contributed by atoms with van der Waals surface area (Å²) >= 11 is 0. The van der Waals surface area contributed by atoms with Crippen LogP contribution >= 0.6 is 0 Å². The van der Waals surface area contributed by atoms with E-state index >= 15 is 0 Å². The SMILES string of the molecule is C[C@H]1[C@@H](CC(=O)c2ccccc2)O[C@@H]2O[C@@]3(C)CC[C@H]4[C@H](C)CC[C@@H]1[C@@]24OO3. The summed E-state index contributed by atoms with van der Waals surface area (Å²) in [6.45, 7) is 6.45. The van der Waals surface area contributed by atoms with Crippen molar-refractivity contribution in [3.8, 4) is 0 Å². The molecule has 8 atom stereocenters.